The van der Waals surface area contributed by atoms with Crippen LogP contribution < -0.4 is 5.32 Å². The van der Waals surface area contributed by atoms with Crippen LogP contribution in [0.25, 0.3) is 0 Å². The zero-order valence-corrected chi connectivity index (χ0v) is 12.2. The molecule has 0 aliphatic rings. The van der Waals surface area contributed by atoms with Crippen LogP contribution in [0, 0.1) is 6.92 Å². The highest BCUT2D eigenvalue weighted by Crippen LogP contribution is 2.11. The van der Waals surface area contributed by atoms with Crippen molar-refractivity contribution >= 4 is 11.9 Å². The van der Waals surface area contributed by atoms with Crippen molar-refractivity contribution < 1.29 is 4.79 Å². The van der Waals surface area contributed by atoms with E-state index in [1.165, 1.54) is 0 Å². The van der Waals surface area contributed by atoms with Crippen LogP contribution >= 0.6 is 0 Å². The van der Waals surface area contributed by atoms with Gasteiger partial charge in [0.25, 0.3) is 5.91 Å². The lowest BCUT2D eigenvalue weighted by Gasteiger charge is -2.09. The normalized spacial score (nSPS) is 10.4. The van der Waals surface area contributed by atoms with Gasteiger partial charge < -0.3 is 4.57 Å². The summed E-state index contributed by atoms with van der Waals surface area (Å²) in [6.07, 6.45) is 5.08. The number of aromatic nitrogens is 3. The van der Waals surface area contributed by atoms with Crippen LogP contribution in [0.4, 0.5) is 5.95 Å². The van der Waals surface area contributed by atoms with E-state index in [2.05, 4.69) is 15.3 Å². The van der Waals surface area contributed by atoms with Gasteiger partial charge in [0.1, 0.15) is 0 Å². The van der Waals surface area contributed by atoms with E-state index in [0.717, 1.165) is 11.3 Å². The Balaban J connectivity index is 1.75. The van der Waals surface area contributed by atoms with E-state index in [1.807, 2.05) is 54.1 Å². The molecule has 0 saturated heterocycles. The monoisotopic (exact) mass is 292 g/mol. The summed E-state index contributed by atoms with van der Waals surface area (Å²) in [5.74, 6) is 0.308. The number of rotatable bonds is 4. The van der Waals surface area contributed by atoms with Crippen molar-refractivity contribution in [2.24, 2.45) is 0 Å². The lowest BCUT2D eigenvalue weighted by atomic mass is 10.2. The van der Waals surface area contributed by atoms with E-state index in [4.69, 9.17) is 0 Å². The molecule has 0 aliphatic carbocycles. The lowest BCUT2D eigenvalue weighted by Crippen LogP contribution is -2.16. The first-order valence-corrected chi connectivity index (χ1v) is 7.01. The summed E-state index contributed by atoms with van der Waals surface area (Å²) in [6, 6.07) is 13.6. The number of amides is 1. The van der Waals surface area contributed by atoms with Gasteiger partial charge in [0, 0.05) is 24.3 Å². The Labute approximate surface area is 128 Å². The maximum absolute atomic E-state index is 12.2. The summed E-state index contributed by atoms with van der Waals surface area (Å²) in [5.41, 5.74) is 2.54. The molecular weight excluding hydrogens is 276 g/mol. The van der Waals surface area contributed by atoms with E-state index in [1.54, 1.807) is 18.5 Å². The molecule has 5 heteroatoms. The molecule has 1 amide bonds. The minimum Gasteiger partial charge on any atom is -0.313 e. The fourth-order valence-corrected chi connectivity index (χ4v) is 2.12. The lowest BCUT2D eigenvalue weighted by molar-refractivity contribution is 0.102. The average molecular weight is 292 g/mol. The Hall–Kier alpha value is -2.95. The zero-order chi connectivity index (χ0) is 15.4. The van der Waals surface area contributed by atoms with Crippen LogP contribution in [0.1, 0.15) is 21.6 Å². The molecule has 3 aromatic rings. The van der Waals surface area contributed by atoms with E-state index >= 15 is 0 Å². The SMILES string of the molecule is Cc1ccc(C(=O)Nc2nccn2Cc2ccccc2)cn1. The van der Waals surface area contributed by atoms with Crippen molar-refractivity contribution in [3.8, 4) is 0 Å². The second-order valence-electron chi connectivity index (χ2n) is 5.01. The zero-order valence-electron chi connectivity index (χ0n) is 12.2. The van der Waals surface area contributed by atoms with Gasteiger partial charge >= 0.3 is 0 Å². The maximum Gasteiger partial charge on any atom is 0.259 e. The molecule has 22 heavy (non-hydrogen) atoms. The summed E-state index contributed by atoms with van der Waals surface area (Å²) in [7, 11) is 0. The highest BCUT2D eigenvalue weighted by Gasteiger charge is 2.10. The first-order chi connectivity index (χ1) is 10.7. The molecule has 5 nitrogen and oxygen atoms in total. The van der Waals surface area contributed by atoms with Gasteiger partial charge in [-0.25, -0.2) is 4.98 Å². The molecule has 0 aliphatic heterocycles. The molecule has 0 saturated carbocycles. The Morgan fingerprint density at radius 2 is 1.95 bits per heavy atom. The summed E-state index contributed by atoms with van der Waals surface area (Å²) in [5, 5.41) is 2.82. The molecule has 0 atom stereocenters. The molecular formula is C17H16N4O. The fourth-order valence-electron chi connectivity index (χ4n) is 2.12. The number of carbonyl (C=O) groups excluding carboxylic acids is 1. The summed E-state index contributed by atoms with van der Waals surface area (Å²) >= 11 is 0. The molecule has 0 fully saturated rings. The van der Waals surface area contributed by atoms with Gasteiger partial charge in [-0.05, 0) is 24.6 Å². The van der Waals surface area contributed by atoms with E-state index in [9.17, 15) is 4.79 Å². The van der Waals surface area contributed by atoms with Crippen LogP contribution in [0.2, 0.25) is 0 Å². The number of pyridine rings is 1. The van der Waals surface area contributed by atoms with Crippen LogP contribution in [0.15, 0.2) is 61.1 Å². The van der Waals surface area contributed by atoms with Gasteiger partial charge in [0.05, 0.1) is 12.1 Å². The molecule has 1 aromatic carbocycles. The molecule has 1 N–H and O–H groups in total. The number of aryl methyl sites for hydroxylation is 1. The van der Waals surface area contributed by atoms with Crippen LogP contribution in [-0.4, -0.2) is 20.4 Å². The third-order valence-electron chi connectivity index (χ3n) is 3.31. The Morgan fingerprint density at radius 1 is 1.14 bits per heavy atom. The van der Waals surface area contributed by atoms with Crippen molar-refractivity contribution in [1.82, 2.24) is 14.5 Å². The fraction of sp³-hybridized carbons (Fsp3) is 0.118. The number of nitrogens with one attached hydrogen (secondary N) is 1. The molecule has 0 unspecified atom stereocenters. The largest absolute Gasteiger partial charge is 0.313 e. The summed E-state index contributed by atoms with van der Waals surface area (Å²) < 4.78 is 1.90. The Morgan fingerprint density at radius 3 is 2.68 bits per heavy atom. The molecule has 0 spiro atoms. The quantitative estimate of drug-likeness (QED) is 0.804. The van der Waals surface area contributed by atoms with Gasteiger partial charge in [-0.15, -0.1) is 0 Å². The summed E-state index contributed by atoms with van der Waals surface area (Å²) in [4.78, 5) is 20.6. The predicted octanol–water partition coefficient (Wildman–Crippen LogP) is 2.89. The van der Waals surface area contributed by atoms with Crippen molar-refractivity contribution in [3.63, 3.8) is 0 Å². The number of imidazole rings is 1. The number of hydrogen-bond acceptors (Lipinski definition) is 3. The van der Waals surface area contributed by atoms with Crippen LogP contribution in [0.5, 0.6) is 0 Å². The molecule has 110 valence electrons. The van der Waals surface area contributed by atoms with Gasteiger partial charge in [-0.1, -0.05) is 30.3 Å². The topological polar surface area (TPSA) is 59.8 Å². The Bertz CT molecular complexity index is 763. The molecule has 0 radical (unpaired) electrons. The van der Waals surface area contributed by atoms with Crippen LogP contribution in [0.3, 0.4) is 0 Å². The number of hydrogen-bond donors (Lipinski definition) is 1. The first kappa shape index (κ1) is 14.0. The van der Waals surface area contributed by atoms with Crippen molar-refractivity contribution in [3.05, 3.63) is 77.9 Å². The highest BCUT2D eigenvalue weighted by molar-refractivity contribution is 6.03. The van der Waals surface area contributed by atoms with Crippen LogP contribution in [-0.2, 0) is 6.54 Å². The van der Waals surface area contributed by atoms with Gasteiger partial charge in [0.2, 0.25) is 5.95 Å². The first-order valence-electron chi connectivity index (χ1n) is 7.01. The van der Waals surface area contributed by atoms with E-state index < -0.39 is 0 Å². The number of anilines is 1. The number of nitrogens with zero attached hydrogens (tertiary/aromatic N) is 3. The highest BCUT2D eigenvalue weighted by atomic mass is 16.1. The maximum atomic E-state index is 12.2. The van der Waals surface area contributed by atoms with Gasteiger partial charge in [-0.2, -0.15) is 0 Å². The Kier molecular flexibility index (Phi) is 3.96. The second-order valence-corrected chi connectivity index (χ2v) is 5.01. The predicted molar refractivity (Wildman–Crippen MR) is 84.7 cm³/mol. The molecule has 0 bridgehead atoms. The number of benzene rings is 1. The van der Waals surface area contributed by atoms with Gasteiger partial charge in [-0.3, -0.25) is 15.1 Å². The smallest absolute Gasteiger partial charge is 0.259 e. The standard InChI is InChI=1S/C17H16N4O/c1-13-7-8-15(11-19-13)16(22)20-17-18-9-10-21(17)12-14-5-3-2-4-6-14/h2-11H,12H2,1H3,(H,18,20,22). The minimum atomic E-state index is -0.215. The van der Waals surface area contributed by atoms with Gasteiger partial charge in [0.15, 0.2) is 0 Å². The number of carbonyl (C=O) groups is 1. The summed E-state index contributed by atoms with van der Waals surface area (Å²) in [6.45, 7) is 2.54. The third kappa shape index (κ3) is 3.20. The van der Waals surface area contributed by atoms with E-state index in [-0.39, 0.29) is 5.91 Å². The third-order valence-corrected chi connectivity index (χ3v) is 3.31. The minimum absolute atomic E-state index is 0.215. The molecule has 3 rings (SSSR count). The second kappa shape index (κ2) is 6.22. The molecule has 2 heterocycles. The molecule has 2 aromatic heterocycles. The average Bonchev–Trinajstić information content (AvgIpc) is 2.96. The van der Waals surface area contributed by atoms with Crippen molar-refractivity contribution in [2.45, 2.75) is 13.5 Å². The van der Waals surface area contributed by atoms with Crippen molar-refractivity contribution in [2.75, 3.05) is 5.32 Å². The van der Waals surface area contributed by atoms with Crippen molar-refractivity contribution in [1.29, 1.82) is 0 Å². The van der Waals surface area contributed by atoms with E-state index in [0.29, 0.717) is 18.1 Å².